The predicted molar refractivity (Wildman–Crippen MR) is 60.0 cm³/mol. The van der Waals surface area contributed by atoms with Crippen molar-refractivity contribution in [3.8, 4) is 0 Å². The summed E-state index contributed by atoms with van der Waals surface area (Å²) in [7, 11) is 0. The van der Waals surface area contributed by atoms with Gasteiger partial charge in [-0.2, -0.15) is 0 Å². The molecule has 96 valence electrons. The van der Waals surface area contributed by atoms with Crippen LogP contribution in [0.1, 0.15) is 45.3 Å². The number of hydrogen-bond acceptors (Lipinski definition) is 1. The van der Waals surface area contributed by atoms with Crippen molar-refractivity contribution in [1.29, 1.82) is 0 Å². The van der Waals surface area contributed by atoms with Crippen LogP contribution in [0.5, 0.6) is 0 Å². The van der Waals surface area contributed by atoms with Crippen LogP contribution in [0.2, 0.25) is 0 Å². The Balaban J connectivity index is 2.82. The quantitative estimate of drug-likeness (QED) is 0.800. The summed E-state index contributed by atoms with van der Waals surface area (Å²) in [6, 6.07) is 1.18. The lowest BCUT2D eigenvalue weighted by molar-refractivity contribution is 0.143. The first-order valence-electron chi connectivity index (χ1n) is 5.53. The van der Waals surface area contributed by atoms with E-state index in [9.17, 15) is 18.3 Å². The molecule has 17 heavy (non-hydrogen) atoms. The van der Waals surface area contributed by atoms with Gasteiger partial charge < -0.3 is 5.11 Å². The zero-order valence-corrected chi connectivity index (χ0v) is 10.2. The maximum Gasteiger partial charge on any atom is 0.161 e. The minimum Gasteiger partial charge on any atom is -0.388 e. The van der Waals surface area contributed by atoms with Gasteiger partial charge in [0.1, 0.15) is 5.82 Å². The molecule has 0 aliphatic rings. The second-order valence-electron chi connectivity index (χ2n) is 5.40. The van der Waals surface area contributed by atoms with Gasteiger partial charge in [0.2, 0.25) is 0 Å². The number of aliphatic hydroxyl groups is 1. The summed E-state index contributed by atoms with van der Waals surface area (Å²) in [5, 5.41) is 9.75. The molecular formula is C13H17F3O. The predicted octanol–water partition coefficient (Wildman–Crippen LogP) is 3.96. The van der Waals surface area contributed by atoms with Crippen LogP contribution in [0.15, 0.2) is 12.1 Å². The van der Waals surface area contributed by atoms with Crippen molar-refractivity contribution in [2.75, 3.05) is 0 Å². The van der Waals surface area contributed by atoms with Gasteiger partial charge in [-0.05, 0) is 24.3 Å². The highest BCUT2D eigenvalue weighted by molar-refractivity contribution is 5.22. The van der Waals surface area contributed by atoms with E-state index in [1.165, 1.54) is 0 Å². The minimum absolute atomic E-state index is 0.00394. The third-order valence-corrected chi connectivity index (χ3v) is 2.57. The molecule has 0 bridgehead atoms. The van der Waals surface area contributed by atoms with Gasteiger partial charge in [0.15, 0.2) is 11.6 Å². The maximum absolute atomic E-state index is 13.3. The molecule has 0 aliphatic heterocycles. The summed E-state index contributed by atoms with van der Waals surface area (Å²) in [5.41, 5.74) is -0.191. The zero-order chi connectivity index (χ0) is 13.2. The molecule has 0 radical (unpaired) electrons. The van der Waals surface area contributed by atoms with Crippen LogP contribution in [0.25, 0.3) is 0 Å². The molecule has 1 atom stereocenters. The van der Waals surface area contributed by atoms with Gasteiger partial charge in [-0.25, -0.2) is 13.2 Å². The lowest BCUT2D eigenvalue weighted by Gasteiger charge is -2.20. The molecule has 0 aliphatic carbocycles. The second-order valence-corrected chi connectivity index (χ2v) is 5.40. The van der Waals surface area contributed by atoms with E-state index >= 15 is 0 Å². The third kappa shape index (κ3) is 4.04. The van der Waals surface area contributed by atoms with Crippen molar-refractivity contribution in [2.45, 2.75) is 39.7 Å². The average Bonchev–Trinajstić information content (AvgIpc) is 2.19. The van der Waals surface area contributed by atoms with Crippen molar-refractivity contribution in [2.24, 2.45) is 5.41 Å². The Morgan fingerprint density at radius 2 is 1.59 bits per heavy atom. The number of benzene rings is 1. The van der Waals surface area contributed by atoms with E-state index in [-0.39, 0.29) is 11.0 Å². The Kier molecular flexibility index (Phi) is 4.20. The molecule has 0 saturated heterocycles. The lowest BCUT2D eigenvalue weighted by Crippen LogP contribution is -2.09. The molecule has 0 spiro atoms. The Morgan fingerprint density at radius 3 is 2.12 bits per heavy atom. The van der Waals surface area contributed by atoms with Crippen molar-refractivity contribution < 1.29 is 18.3 Å². The molecule has 4 heteroatoms. The third-order valence-electron chi connectivity index (χ3n) is 2.57. The van der Waals surface area contributed by atoms with Crippen molar-refractivity contribution in [3.05, 3.63) is 35.1 Å². The van der Waals surface area contributed by atoms with Gasteiger partial charge in [0.05, 0.1) is 6.10 Å². The molecule has 0 aromatic heterocycles. The fourth-order valence-electron chi connectivity index (χ4n) is 1.52. The van der Waals surface area contributed by atoms with Gasteiger partial charge in [0, 0.05) is 11.6 Å². The smallest absolute Gasteiger partial charge is 0.161 e. The van der Waals surface area contributed by atoms with Crippen LogP contribution in [-0.4, -0.2) is 5.11 Å². The van der Waals surface area contributed by atoms with Crippen LogP contribution in [0, 0.1) is 22.9 Å². The second kappa shape index (κ2) is 5.08. The molecule has 1 rings (SSSR count). The van der Waals surface area contributed by atoms with Crippen LogP contribution < -0.4 is 0 Å². The normalized spacial score (nSPS) is 13.8. The SMILES string of the molecule is CC(C)(C)CCC(O)c1cc(F)c(F)cc1F. The summed E-state index contributed by atoms with van der Waals surface area (Å²) < 4.78 is 39.0. The molecular weight excluding hydrogens is 229 g/mol. The highest BCUT2D eigenvalue weighted by Crippen LogP contribution is 2.29. The molecule has 1 unspecified atom stereocenters. The van der Waals surface area contributed by atoms with E-state index in [2.05, 4.69) is 0 Å². The first-order chi connectivity index (χ1) is 7.70. The molecule has 1 nitrogen and oxygen atoms in total. The molecule has 0 amide bonds. The Hall–Kier alpha value is -1.03. The lowest BCUT2D eigenvalue weighted by atomic mass is 9.88. The summed E-state index contributed by atoms with van der Waals surface area (Å²) in [6.45, 7) is 5.96. The number of aliphatic hydroxyl groups excluding tert-OH is 1. The van der Waals surface area contributed by atoms with Crippen molar-refractivity contribution in [1.82, 2.24) is 0 Å². The molecule has 1 aromatic carbocycles. The first-order valence-corrected chi connectivity index (χ1v) is 5.53. The monoisotopic (exact) mass is 246 g/mol. The highest BCUT2D eigenvalue weighted by atomic mass is 19.2. The van der Waals surface area contributed by atoms with Gasteiger partial charge >= 0.3 is 0 Å². The van der Waals surface area contributed by atoms with Gasteiger partial charge in [-0.1, -0.05) is 20.8 Å². The fraction of sp³-hybridized carbons (Fsp3) is 0.538. The Bertz CT molecular complexity index is 396. The van der Waals surface area contributed by atoms with Crippen LogP contribution in [0.4, 0.5) is 13.2 Å². The summed E-state index contributed by atoms with van der Waals surface area (Å²) in [5.74, 6) is -3.30. The Morgan fingerprint density at radius 1 is 1.06 bits per heavy atom. The van der Waals surface area contributed by atoms with Crippen LogP contribution in [-0.2, 0) is 0 Å². The largest absolute Gasteiger partial charge is 0.388 e. The molecule has 1 N–H and O–H groups in total. The van der Waals surface area contributed by atoms with Gasteiger partial charge in [-0.15, -0.1) is 0 Å². The van der Waals surface area contributed by atoms with E-state index in [4.69, 9.17) is 0 Å². The maximum atomic E-state index is 13.3. The van der Waals surface area contributed by atoms with Gasteiger partial charge in [0.25, 0.3) is 0 Å². The van der Waals surface area contributed by atoms with Gasteiger partial charge in [-0.3, -0.25) is 0 Å². The van der Waals surface area contributed by atoms with E-state index in [1.54, 1.807) is 0 Å². The van der Waals surface area contributed by atoms with E-state index in [0.29, 0.717) is 18.9 Å². The molecule has 0 saturated carbocycles. The van der Waals surface area contributed by atoms with Crippen LogP contribution in [0.3, 0.4) is 0 Å². The standard InChI is InChI=1S/C13H17F3O/c1-13(2,3)5-4-12(17)8-6-10(15)11(16)7-9(8)14/h6-7,12,17H,4-5H2,1-3H3. The average molecular weight is 246 g/mol. The summed E-state index contributed by atoms with van der Waals surface area (Å²) >= 11 is 0. The number of rotatable bonds is 3. The Labute approximate surface area is 99.3 Å². The topological polar surface area (TPSA) is 20.2 Å². The van der Waals surface area contributed by atoms with Crippen molar-refractivity contribution >= 4 is 0 Å². The van der Waals surface area contributed by atoms with Crippen molar-refractivity contribution in [3.63, 3.8) is 0 Å². The molecule has 0 heterocycles. The fourth-order valence-corrected chi connectivity index (χ4v) is 1.52. The molecule has 0 fully saturated rings. The summed E-state index contributed by atoms with van der Waals surface area (Å²) in [4.78, 5) is 0. The van der Waals surface area contributed by atoms with E-state index in [1.807, 2.05) is 20.8 Å². The van der Waals surface area contributed by atoms with Crippen LogP contribution >= 0.6 is 0 Å². The van der Waals surface area contributed by atoms with E-state index < -0.39 is 23.6 Å². The number of halogens is 3. The summed E-state index contributed by atoms with van der Waals surface area (Å²) in [6.07, 6.45) is -0.137. The van der Waals surface area contributed by atoms with E-state index in [0.717, 1.165) is 6.07 Å². The first kappa shape index (κ1) is 14.0. The highest BCUT2D eigenvalue weighted by Gasteiger charge is 2.19. The minimum atomic E-state index is -1.24. The zero-order valence-electron chi connectivity index (χ0n) is 10.2. The molecule has 1 aromatic rings. The number of hydrogen-bond donors (Lipinski definition) is 1.